The molecular weight excluding hydrogens is 510 g/mol. The van der Waals surface area contributed by atoms with Gasteiger partial charge >= 0.3 is 0 Å². The number of aromatic hydroxyl groups is 1. The Labute approximate surface area is 249 Å². The van der Waals surface area contributed by atoms with Gasteiger partial charge in [-0.05, 0) is 81.8 Å². The fourth-order valence-corrected chi connectivity index (χ4v) is 5.61. The minimum Gasteiger partial charge on any atom is -0.511 e. The summed E-state index contributed by atoms with van der Waals surface area (Å²) in [4.78, 5) is 12.3. The predicted octanol–water partition coefficient (Wildman–Crippen LogP) is 6.57. The van der Waals surface area contributed by atoms with Crippen LogP contribution in [0.25, 0.3) is 0 Å². The monoisotopic (exact) mass is 565 g/mol. The van der Waals surface area contributed by atoms with Crippen LogP contribution in [0.2, 0.25) is 0 Å². The van der Waals surface area contributed by atoms with E-state index in [1.165, 1.54) is 0 Å². The summed E-state index contributed by atoms with van der Waals surface area (Å²) in [6.07, 6.45) is 7.44. The van der Waals surface area contributed by atoms with Gasteiger partial charge in [-0.1, -0.05) is 57.7 Å². The summed E-state index contributed by atoms with van der Waals surface area (Å²) >= 11 is 0. The summed E-state index contributed by atoms with van der Waals surface area (Å²) in [5.41, 5.74) is 9.10. The second-order valence-corrected chi connectivity index (χ2v) is 11.5. The average molecular weight is 566 g/mol. The van der Waals surface area contributed by atoms with Crippen molar-refractivity contribution in [3.63, 3.8) is 0 Å². The Bertz CT molecular complexity index is 1050. The number of allylic oxidation sites excluding steroid dienone is 2. The summed E-state index contributed by atoms with van der Waals surface area (Å²) in [6, 6.07) is 7.85. The molecular formula is C34H55N5O2. The van der Waals surface area contributed by atoms with E-state index in [2.05, 4.69) is 48.3 Å². The van der Waals surface area contributed by atoms with Crippen LogP contribution in [0.1, 0.15) is 78.3 Å². The maximum atomic E-state index is 10.4. The zero-order valence-corrected chi connectivity index (χ0v) is 26.3. The number of likely N-dealkylation sites (tertiary alicyclic amines) is 1. The highest BCUT2D eigenvalue weighted by molar-refractivity contribution is 5.97. The molecule has 4 N–H and O–H groups in total. The van der Waals surface area contributed by atoms with Crippen molar-refractivity contribution >= 4 is 5.84 Å². The van der Waals surface area contributed by atoms with E-state index in [0.717, 1.165) is 99.5 Å². The van der Waals surface area contributed by atoms with Gasteiger partial charge in [0.2, 0.25) is 0 Å². The molecule has 41 heavy (non-hydrogen) atoms. The van der Waals surface area contributed by atoms with Crippen LogP contribution in [0.5, 0.6) is 5.75 Å². The van der Waals surface area contributed by atoms with Crippen LogP contribution < -0.4 is 5.73 Å². The predicted molar refractivity (Wildman–Crippen MR) is 174 cm³/mol. The molecule has 2 unspecified atom stereocenters. The maximum Gasteiger partial charge on any atom is 0.130 e. The third-order valence-corrected chi connectivity index (χ3v) is 8.03. The number of aliphatic imine (C=N–C) groups is 1. The van der Waals surface area contributed by atoms with Crippen LogP contribution in [-0.2, 0) is 0 Å². The minimum absolute atomic E-state index is 0.157. The summed E-state index contributed by atoms with van der Waals surface area (Å²) in [5.74, 6) is 1.37. The zero-order valence-electron chi connectivity index (χ0n) is 26.3. The highest BCUT2D eigenvalue weighted by atomic mass is 16.3. The lowest BCUT2D eigenvalue weighted by Gasteiger charge is -2.49. The second-order valence-electron chi connectivity index (χ2n) is 11.5. The molecule has 0 amide bonds. The smallest absolute Gasteiger partial charge is 0.130 e. The number of aliphatic hydroxyl groups excluding tert-OH is 1. The number of aliphatic hydroxyl groups is 1. The first-order valence-electron chi connectivity index (χ1n) is 15.2. The molecule has 0 radical (unpaired) electrons. The lowest BCUT2D eigenvalue weighted by molar-refractivity contribution is 0.0215. The highest BCUT2D eigenvalue weighted by Gasteiger charge is 2.36. The van der Waals surface area contributed by atoms with Gasteiger partial charge in [0.25, 0.3) is 0 Å². The minimum atomic E-state index is -0.241. The molecule has 228 valence electrons. The van der Waals surface area contributed by atoms with Crippen LogP contribution in [0.4, 0.5) is 0 Å². The molecule has 7 nitrogen and oxygen atoms in total. The number of nitrogens with two attached hydrogens (primary N) is 1. The molecule has 3 rings (SSSR count). The van der Waals surface area contributed by atoms with Crippen LogP contribution in [0, 0.1) is 0 Å². The summed E-state index contributed by atoms with van der Waals surface area (Å²) in [5, 5.41) is 20.1. The molecule has 0 spiro atoms. The number of nitrogens with zero attached hydrogens (tertiary/aromatic N) is 4. The fraction of sp³-hybridized carbons (Fsp3) is 0.559. The number of phenols is 1. The molecule has 1 aromatic rings. The van der Waals surface area contributed by atoms with Crippen molar-refractivity contribution in [1.29, 1.82) is 0 Å². The number of piperazine rings is 1. The van der Waals surface area contributed by atoms with Crippen molar-refractivity contribution in [2.24, 2.45) is 10.7 Å². The Kier molecular flexibility index (Phi) is 14.4. The summed E-state index contributed by atoms with van der Waals surface area (Å²) in [6.45, 7) is 28.0. The van der Waals surface area contributed by atoms with Gasteiger partial charge in [-0.25, -0.2) is 4.99 Å². The Morgan fingerprint density at radius 3 is 2.10 bits per heavy atom. The number of hydrogen-bond donors (Lipinski definition) is 3. The molecule has 1 aromatic carbocycles. The quantitative estimate of drug-likeness (QED) is 0.129. The first-order chi connectivity index (χ1) is 19.5. The molecule has 2 saturated heterocycles. The number of amidine groups is 1. The van der Waals surface area contributed by atoms with Crippen molar-refractivity contribution in [1.82, 2.24) is 14.7 Å². The van der Waals surface area contributed by atoms with Gasteiger partial charge in [0.15, 0.2) is 0 Å². The van der Waals surface area contributed by atoms with Crippen LogP contribution in [0.3, 0.4) is 0 Å². The van der Waals surface area contributed by atoms with E-state index >= 15 is 0 Å². The standard InChI is InChI=1S/C31H46N4O2.C3H9N/c1-8-9-28-21-34(31(23(4)5)32-20-24(6)22(2)3)18-19-35(28)27-14-16-33(17-15-27)30(25(7)36)26-10-12-29(37)13-11-26;1-2-3-4/h10-13,20,27-28,30,36-37H,2,4,7-9,14-19,21H2,1,3,5-6H3;2-4H2,1H3/b24-20+,32-31?;. The molecule has 2 heterocycles. The lowest BCUT2D eigenvalue weighted by atomic mass is 9.94. The zero-order chi connectivity index (χ0) is 30.5. The van der Waals surface area contributed by atoms with Gasteiger partial charge in [-0.15, -0.1) is 0 Å². The van der Waals surface area contributed by atoms with E-state index in [0.29, 0.717) is 12.1 Å². The molecule has 0 bridgehead atoms. The lowest BCUT2D eigenvalue weighted by Crippen LogP contribution is -2.59. The highest BCUT2D eigenvalue weighted by Crippen LogP contribution is 2.32. The van der Waals surface area contributed by atoms with E-state index in [9.17, 15) is 10.2 Å². The number of phenolic OH excluding ortho intramolecular Hbond substituents is 1. The number of benzene rings is 1. The van der Waals surface area contributed by atoms with Gasteiger partial charge < -0.3 is 20.8 Å². The molecule has 2 atom stereocenters. The molecule has 7 heteroatoms. The fourth-order valence-electron chi connectivity index (χ4n) is 5.61. The first kappa shape index (κ1) is 34.3. The normalized spacial score (nSPS) is 20.2. The third-order valence-electron chi connectivity index (χ3n) is 8.03. The van der Waals surface area contributed by atoms with Gasteiger partial charge in [0.1, 0.15) is 17.3 Å². The Morgan fingerprint density at radius 2 is 1.61 bits per heavy atom. The molecule has 0 aliphatic carbocycles. The van der Waals surface area contributed by atoms with Crippen LogP contribution >= 0.6 is 0 Å². The first-order valence-corrected chi connectivity index (χ1v) is 15.2. The molecule has 0 saturated carbocycles. The van der Waals surface area contributed by atoms with Crippen molar-refractivity contribution < 1.29 is 10.2 Å². The summed E-state index contributed by atoms with van der Waals surface area (Å²) in [7, 11) is 0. The van der Waals surface area contributed by atoms with Crippen LogP contribution in [0.15, 0.2) is 77.7 Å². The molecule has 2 aliphatic rings. The topological polar surface area (TPSA) is 88.6 Å². The van der Waals surface area contributed by atoms with Crippen LogP contribution in [-0.4, -0.2) is 82.1 Å². The summed E-state index contributed by atoms with van der Waals surface area (Å²) < 4.78 is 0. The number of piperidine rings is 1. The Balaban J connectivity index is 0.00000138. The third kappa shape index (κ3) is 10.2. The van der Waals surface area contributed by atoms with Crippen molar-refractivity contribution in [2.45, 2.75) is 84.8 Å². The van der Waals surface area contributed by atoms with Crippen molar-refractivity contribution in [3.05, 3.63) is 78.2 Å². The second kappa shape index (κ2) is 17.2. The SMILES string of the molecule is C=C(C)C(=N/C=C(\C)C(=C)C)N1CCN(C2CCN(C(C(=C)O)c3ccc(O)cc3)CC2)C(CCC)C1.CCCN. The van der Waals surface area contributed by atoms with E-state index in [1.807, 2.05) is 39.1 Å². The Morgan fingerprint density at radius 1 is 1.00 bits per heavy atom. The largest absolute Gasteiger partial charge is 0.511 e. The number of hydrogen-bond acceptors (Lipinski definition) is 6. The average Bonchev–Trinajstić information content (AvgIpc) is 2.95. The van der Waals surface area contributed by atoms with Gasteiger partial charge in [-0.3, -0.25) is 9.80 Å². The van der Waals surface area contributed by atoms with Crippen molar-refractivity contribution in [2.75, 3.05) is 39.3 Å². The van der Waals surface area contributed by atoms with Gasteiger partial charge in [-0.2, -0.15) is 0 Å². The number of rotatable bonds is 10. The van der Waals surface area contributed by atoms with E-state index in [4.69, 9.17) is 10.7 Å². The van der Waals surface area contributed by atoms with Crippen molar-refractivity contribution in [3.8, 4) is 5.75 Å². The molecule has 2 aliphatic heterocycles. The van der Waals surface area contributed by atoms with E-state index in [-0.39, 0.29) is 17.6 Å². The molecule has 0 aromatic heterocycles. The van der Waals surface area contributed by atoms with E-state index < -0.39 is 0 Å². The maximum absolute atomic E-state index is 10.4. The van der Waals surface area contributed by atoms with E-state index in [1.54, 1.807) is 12.1 Å². The molecule has 2 fully saturated rings. The Hall–Kier alpha value is -2.87. The van der Waals surface area contributed by atoms with Gasteiger partial charge in [0.05, 0.1) is 6.04 Å². The van der Waals surface area contributed by atoms with Gasteiger partial charge in [0, 0.05) is 51.0 Å².